The Hall–Kier alpha value is -2.61. The number of hydrogen-bond acceptors (Lipinski definition) is 5. The highest BCUT2D eigenvalue weighted by molar-refractivity contribution is 5.76. The monoisotopic (exact) mass is 373 g/mol. The number of ether oxygens (including phenoxy) is 1. The van der Waals surface area contributed by atoms with Crippen LogP contribution in [0.3, 0.4) is 0 Å². The summed E-state index contributed by atoms with van der Waals surface area (Å²) < 4.78 is 8.72. The number of nitrogens with one attached hydrogen (secondary N) is 1. The van der Waals surface area contributed by atoms with Crippen LogP contribution in [0, 0.1) is 0 Å². The molecule has 27 heavy (non-hydrogen) atoms. The summed E-state index contributed by atoms with van der Waals surface area (Å²) in [7, 11) is 0. The van der Waals surface area contributed by atoms with Crippen molar-refractivity contribution in [2.24, 2.45) is 0 Å². The first-order valence-corrected chi connectivity index (χ1v) is 9.49. The van der Waals surface area contributed by atoms with Crippen LogP contribution in [0.25, 0.3) is 0 Å². The van der Waals surface area contributed by atoms with Crippen molar-refractivity contribution in [3.8, 4) is 0 Å². The first-order chi connectivity index (χ1) is 13.1. The molecule has 1 unspecified atom stereocenters. The van der Waals surface area contributed by atoms with Crippen molar-refractivity contribution in [3.05, 3.63) is 46.6 Å². The lowest BCUT2D eigenvalue weighted by Crippen LogP contribution is -2.37. The third-order valence-electron chi connectivity index (χ3n) is 4.75. The highest BCUT2D eigenvalue weighted by Gasteiger charge is 2.28. The molecule has 0 spiro atoms. The Morgan fingerprint density at radius 1 is 1.33 bits per heavy atom. The number of benzene rings is 1. The number of carbonyl (C=O) groups is 1. The summed E-state index contributed by atoms with van der Waals surface area (Å²) in [6.45, 7) is 7.50. The number of likely N-dealkylation sites (N-methyl/N-ethyl adjacent to an activating group) is 1. The molecule has 0 saturated carbocycles. The minimum absolute atomic E-state index is 0.101. The van der Waals surface area contributed by atoms with Gasteiger partial charge in [-0.2, -0.15) is 5.10 Å². The van der Waals surface area contributed by atoms with Crippen molar-refractivity contribution >= 4 is 11.6 Å². The molecule has 0 fully saturated rings. The average molecular weight is 373 g/mol. The summed E-state index contributed by atoms with van der Waals surface area (Å²) in [5, 5.41) is 7.27. The van der Waals surface area contributed by atoms with Crippen LogP contribution < -0.4 is 15.9 Å². The number of hydrogen-bond donors (Lipinski definition) is 1. The fourth-order valence-electron chi connectivity index (χ4n) is 3.30. The van der Waals surface area contributed by atoms with Gasteiger partial charge in [0.15, 0.2) is 5.82 Å². The van der Waals surface area contributed by atoms with E-state index in [-0.39, 0.29) is 18.0 Å². The molecule has 0 aliphatic carbocycles. The minimum atomic E-state index is -0.476. The zero-order valence-electron chi connectivity index (χ0n) is 15.9. The predicted octanol–water partition coefficient (Wildman–Crippen LogP) is 1.17. The van der Waals surface area contributed by atoms with E-state index in [0.717, 1.165) is 18.8 Å². The molecule has 1 aromatic heterocycles. The van der Waals surface area contributed by atoms with Crippen LogP contribution in [0.1, 0.15) is 32.2 Å². The van der Waals surface area contributed by atoms with Gasteiger partial charge in [0, 0.05) is 31.9 Å². The first kappa shape index (κ1) is 19.2. The second-order valence-corrected chi connectivity index (χ2v) is 6.44. The smallest absolute Gasteiger partial charge is 0.346 e. The Morgan fingerprint density at radius 3 is 2.81 bits per heavy atom. The third-order valence-corrected chi connectivity index (χ3v) is 4.75. The molecule has 8 nitrogen and oxygen atoms in total. The van der Waals surface area contributed by atoms with Crippen molar-refractivity contribution in [1.29, 1.82) is 0 Å². The Labute approximate surface area is 158 Å². The van der Waals surface area contributed by atoms with Gasteiger partial charge in [0.25, 0.3) is 0 Å². The first-order valence-electron chi connectivity index (χ1n) is 9.49. The molecule has 1 aliphatic heterocycles. The molecule has 0 bridgehead atoms. The van der Waals surface area contributed by atoms with Crippen LogP contribution in [-0.4, -0.2) is 46.5 Å². The predicted molar refractivity (Wildman–Crippen MR) is 103 cm³/mol. The van der Waals surface area contributed by atoms with Gasteiger partial charge < -0.3 is 15.0 Å². The quantitative estimate of drug-likeness (QED) is 0.751. The molecular formula is C19H27N5O3. The molecule has 1 aliphatic rings. The molecule has 1 atom stereocenters. The van der Waals surface area contributed by atoms with Crippen LogP contribution in [0.4, 0.5) is 5.69 Å². The minimum Gasteiger partial charge on any atom is -0.370 e. The number of nitrogens with zero attached hydrogens (tertiary/aromatic N) is 4. The normalized spacial score (nSPS) is 16.0. The lowest BCUT2D eigenvalue weighted by Gasteiger charge is -2.24. The van der Waals surface area contributed by atoms with Gasteiger partial charge in [-0.1, -0.05) is 18.2 Å². The number of amides is 1. The number of fused-ring (bicyclic) bond motifs is 1. The number of para-hydroxylation sites is 1. The van der Waals surface area contributed by atoms with E-state index in [0.29, 0.717) is 32.1 Å². The SMILES string of the molecule is CCN(CCNC(=O)CC1OCCn2c1nn(CC)c2=O)c1ccccc1. The second kappa shape index (κ2) is 8.85. The van der Waals surface area contributed by atoms with E-state index in [2.05, 4.69) is 34.4 Å². The highest BCUT2D eigenvalue weighted by Crippen LogP contribution is 2.22. The van der Waals surface area contributed by atoms with Crippen molar-refractivity contribution < 1.29 is 9.53 Å². The summed E-state index contributed by atoms with van der Waals surface area (Å²) in [5.41, 5.74) is 1.00. The Balaban J connectivity index is 1.54. The molecule has 0 radical (unpaired) electrons. The van der Waals surface area contributed by atoms with Crippen molar-refractivity contribution in [2.75, 3.05) is 31.1 Å². The van der Waals surface area contributed by atoms with Crippen molar-refractivity contribution in [3.63, 3.8) is 0 Å². The third kappa shape index (κ3) is 4.39. The van der Waals surface area contributed by atoms with Gasteiger partial charge in [0.05, 0.1) is 19.6 Å². The maximum Gasteiger partial charge on any atom is 0.346 e. The van der Waals surface area contributed by atoms with E-state index in [1.807, 2.05) is 25.1 Å². The topological polar surface area (TPSA) is 81.4 Å². The van der Waals surface area contributed by atoms with Crippen LogP contribution in [-0.2, 0) is 22.6 Å². The van der Waals surface area contributed by atoms with Gasteiger partial charge in [-0.25, -0.2) is 9.48 Å². The van der Waals surface area contributed by atoms with Crippen molar-refractivity contribution in [1.82, 2.24) is 19.7 Å². The standard InChI is InChI=1S/C19H27N5O3/c1-3-22(15-8-6-5-7-9-15)11-10-20-17(25)14-16-18-21-24(4-2)19(26)23(18)12-13-27-16/h5-9,16H,3-4,10-14H2,1-2H3,(H,20,25). The van der Waals surface area contributed by atoms with Crippen molar-refractivity contribution in [2.45, 2.75) is 39.5 Å². The second-order valence-electron chi connectivity index (χ2n) is 6.44. The molecular weight excluding hydrogens is 346 g/mol. The molecule has 1 amide bonds. The van der Waals surface area contributed by atoms with E-state index in [9.17, 15) is 9.59 Å². The molecule has 8 heteroatoms. The van der Waals surface area contributed by atoms with E-state index >= 15 is 0 Å². The van der Waals surface area contributed by atoms with Crippen LogP contribution in [0.5, 0.6) is 0 Å². The summed E-state index contributed by atoms with van der Waals surface area (Å²) in [6, 6.07) is 10.1. The van der Waals surface area contributed by atoms with Crippen LogP contribution in [0.2, 0.25) is 0 Å². The fourth-order valence-corrected chi connectivity index (χ4v) is 3.30. The van der Waals surface area contributed by atoms with Gasteiger partial charge in [-0.05, 0) is 26.0 Å². The fraction of sp³-hybridized carbons (Fsp3) is 0.526. The molecule has 1 aromatic carbocycles. The summed E-state index contributed by atoms with van der Waals surface area (Å²) in [4.78, 5) is 26.8. The Kier molecular flexibility index (Phi) is 6.28. The largest absolute Gasteiger partial charge is 0.370 e. The summed E-state index contributed by atoms with van der Waals surface area (Å²) in [6.07, 6.45) is -0.312. The van der Waals surface area contributed by atoms with E-state index in [1.165, 1.54) is 4.68 Å². The molecule has 2 heterocycles. The summed E-state index contributed by atoms with van der Waals surface area (Å²) >= 11 is 0. The van der Waals surface area contributed by atoms with Gasteiger partial charge >= 0.3 is 5.69 Å². The molecule has 146 valence electrons. The molecule has 3 rings (SSSR count). The Morgan fingerprint density at radius 2 is 2.11 bits per heavy atom. The highest BCUT2D eigenvalue weighted by atomic mass is 16.5. The van der Waals surface area contributed by atoms with E-state index < -0.39 is 6.10 Å². The zero-order chi connectivity index (χ0) is 19.2. The number of aromatic nitrogens is 3. The molecule has 1 N–H and O–H groups in total. The van der Waals surface area contributed by atoms with E-state index in [4.69, 9.17) is 4.74 Å². The summed E-state index contributed by atoms with van der Waals surface area (Å²) in [5.74, 6) is 0.443. The van der Waals surface area contributed by atoms with Gasteiger partial charge in [-0.3, -0.25) is 9.36 Å². The van der Waals surface area contributed by atoms with Gasteiger partial charge in [-0.15, -0.1) is 0 Å². The molecule has 0 saturated heterocycles. The number of carbonyl (C=O) groups excluding carboxylic acids is 1. The maximum atomic E-state index is 12.4. The number of aryl methyl sites for hydroxylation is 1. The van der Waals surface area contributed by atoms with E-state index in [1.54, 1.807) is 4.57 Å². The van der Waals surface area contributed by atoms with Gasteiger partial charge in [0.2, 0.25) is 5.91 Å². The van der Waals surface area contributed by atoms with Crippen LogP contribution >= 0.6 is 0 Å². The van der Waals surface area contributed by atoms with Gasteiger partial charge in [0.1, 0.15) is 6.10 Å². The lowest BCUT2D eigenvalue weighted by atomic mass is 10.2. The lowest BCUT2D eigenvalue weighted by molar-refractivity contribution is -0.124. The molecule has 2 aromatic rings. The zero-order valence-corrected chi connectivity index (χ0v) is 15.9. The average Bonchev–Trinajstić information content (AvgIpc) is 3.03. The van der Waals surface area contributed by atoms with Crippen LogP contribution in [0.15, 0.2) is 35.1 Å². The Bertz CT molecular complexity index is 814. The number of anilines is 1. The number of rotatable bonds is 8. The maximum absolute atomic E-state index is 12.4.